The molecular weight excluding hydrogens is 460 g/mol. The summed E-state index contributed by atoms with van der Waals surface area (Å²) < 4.78 is 32.0. The number of hydrogen-bond donors (Lipinski definition) is 1. The molecule has 2 aromatic carbocycles. The van der Waals surface area contributed by atoms with E-state index in [0.29, 0.717) is 22.8 Å². The smallest absolute Gasteiger partial charge is 0.302 e. The molecule has 0 atom stereocenters. The van der Waals surface area contributed by atoms with Gasteiger partial charge in [-0.2, -0.15) is 8.42 Å². The van der Waals surface area contributed by atoms with Gasteiger partial charge in [-0.15, -0.1) is 6.42 Å². The van der Waals surface area contributed by atoms with E-state index in [9.17, 15) is 13.2 Å². The van der Waals surface area contributed by atoms with Crippen LogP contribution in [0.25, 0.3) is 0 Å². The van der Waals surface area contributed by atoms with Gasteiger partial charge in [0.25, 0.3) is 0 Å². The van der Waals surface area contributed by atoms with Gasteiger partial charge < -0.3 is 4.74 Å². The zero-order chi connectivity index (χ0) is 25.1. The molecule has 0 aliphatic heterocycles. The number of nitrogens with zero attached hydrogens (tertiary/aromatic N) is 1. The van der Waals surface area contributed by atoms with E-state index in [4.69, 9.17) is 11.2 Å². The first kappa shape index (κ1) is 25.3. The monoisotopic (exact) mass is 484 g/mol. The molecule has 0 radical (unpaired) electrons. The Labute approximate surface area is 207 Å². The third-order valence-corrected chi connectivity index (χ3v) is 6.27. The maximum absolute atomic E-state index is 13.5. The van der Waals surface area contributed by atoms with E-state index in [1.54, 1.807) is 48.4 Å². The Bertz CT molecular complexity index is 1380. The van der Waals surface area contributed by atoms with Crippen LogP contribution in [0.5, 0.6) is 5.75 Å². The average molecular weight is 485 g/mol. The van der Waals surface area contributed by atoms with E-state index in [2.05, 4.69) is 45.5 Å². The van der Waals surface area contributed by atoms with Crippen LogP contribution in [-0.2, 0) is 14.8 Å². The van der Waals surface area contributed by atoms with E-state index >= 15 is 0 Å². The van der Waals surface area contributed by atoms with Crippen LogP contribution in [0, 0.1) is 53.1 Å². The first-order valence-electron chi connectivity index (χ1n) is 11.0. The Kier molecular flexibility index (Phi) is 8.86. The standard InChI is InChI=1S/C28H24N2O4S/c1-3-4-5-6-7-11-22-35(32,33)29-24-14-16-25(17-15-24)30(26-18-20-27(34-2)21-19-26)28(31)23-12-9-8-10-13-23/h1,14-21,23,29H,8-10,12-13H2,2H3. The molecule has 1 saturated carbocycles. The second-order valence-corrected chi connectivity index (χ2v) is 9.15. The molecule has 0 aromatic heterocycles. The molecule has 1 aliphatic carbocycles. The Balaban J connectivity index is 1.83. The minimum Gasteiger partial charge on any atom is -0.497 e. The van der Waals surface area contributed by atoms with Crippen molar-refractivity contribution in [1.29, 1.82) is 0 Å². The highest BCUT2D eigenvalue weighted by atomic mass is 32.2. The number of benzene rings is 2. The number of sulfonamides is 1. The summed E-state index contributed by atoms with van der Waals surface area (Å²) in [6.45, 7) is 0. The number of ether oxygens (including phenoxy) is 1. The SMILES string of the molecule is C#CC#CC#CC#CS(=O)(=O)Nc1ccc(N(C(=O)C2CCCCC2)c2ccc(OC)cc2)cc1. The molecule has 35 heavy (non-hydrogen) atoms. The molecule has 0 spiro atoms. The van der Waals surface area contributed by atoms with Gasteiger partial charge in [-0.1, -0.05) is 19.3 Å². The third-order valence-electron chi connectivity index (χ3n) is 5.39. The number of hydrogen-bond acceptors (Lipinski definition) is 4. The number of methoxy groups -OCH3 is 1. The first-order chi connectivity index (χ1) is 16.9. The second kappa shape index (κ2) is 12.2. The van der Waals surface area contributed by atoms with Gasteiger partial charge in [-0.05, 0) is 85.1 Å². The fourth-order valence-electron chi connectivity index (χ4n) is 3.75. The Hall–Kier alpha value is -4.30. The van der Waals surface area contributed by atoms with Crippen LogP contribution in [0.4, 0.5) is 17.1 Å². The minimum atomic E-state index is -3.95. The maximum Gasteiger partial charge on any atom is 0.302 e. The zero-order valence-corrected chi connectivity index (χ0v) is 20.1. The molecule has 6 nitrogen and oxygen atoms in total. The minimum absolute atomic E-state index is 0.0283. The highest BCUT2D eigenvalue weighted by Gasteiger charge is 2.28. The lowest BCUT2D eigenvalue weighted by atomic mass is 9.88. The normalized spacial score (nSPS) is 12.8. The summed E-state index contributed by atoms with van der Waals surface area (Å²) in [5.41, 5.74) is 1.66. The fraction of sp³-hybridized carbons (Fsp3) is 0.250. The first-order valence-corrected chi connectivity index (χ1v) is 12.5. The third kappa shape index (κ3) is 7.35. The van der Waals surface area contributed by atoms with Crippen molar-refractivity contribution in [1.82, 2.24) is 0 Å². The summed E-state index contributed by atoms with van der Waals surface area (Å²) in [4.78, 5) is 15.2. The van der Waals surface area contributed by atoms with E-state index in [1.165, 1.54) is 0 Å². The molecule has 0 heterocycles. The van der Waals surface area contributed by atoms with Gasteiger partial charge in [0.15, 0.2) is 0 Å². The number of carbonyl (C=O) groups excluding carboxylic acids is 1. The highest BCUT2D eigenvalue weighted by molar-refractivity contribution is 7.97. The van der Waals surface area contributed by atoms with Crippen LogP contribution >= 0.6 is 0 Å². The topological polar surface area (TPSA) is 75.7 Å². The number of nitrogens with one attached hydrogen (secondary N) is 1. The molecule has 0 saturated heterocycles. The van der Waals surface area contributed by atoms with Gasteiger partial charge in [0.05, 0.1) is 12.4 Å². The van der Waals surface area contributed by atoms with Crippen molar-refractivity contribution < 1.29 is 17.9 Å². The summed E-state index contributed by atoms with van der Waals surface area (Å²) in [6, 6.07) is 13.8. The molecule has 7 heteroatoms. The van der Waals surface area contributed by atoms with Crippen molar-refractivity contribution in [3.8, 4) is 52.9 Å². The predicted molar refractivity (Wildman–Crippen MR) is 138 cm³/mol. The highest BCUT2D eigenvalue weighted by Crippen LogP contribution is 2.34. The van der Waals surface area contributed by atoms with Crippen molar-refractivity contribution in [2.24, 2.45) is 5.92 Å². The van der Waals surface area contributed by atoms with E-state index in [1.807, 2.05) is 12.1 Å². The van der Waals surface area contributed by atoms with Gasteiger partial charge >= 0.3 is 10.0 Å². The Morgan fingerprint density at radius 1 is 0.914 bits per heavy atom. The van der Waals surface area contributed by atoms with Crippen molar-refractivity contribution in [2.75, 3.05) is 16.7 Å². The molecule has 0 unspecified atom stereocenters. The number of terminal acetylenes is 1. The summed E-state index contributed by atoms with van der Waals surface area (Å²) in [5, 5.41) is 2.06. The maximum atomic E-state index is 13.5. The van der Waals surface area contributed by atoms with Crippen LogP contribution < -0.4 is 14.4 Å². The molecule has 176 valence electrons. The van der Waals surface area contributed by atoms with E-state index < -0.39 is 10.0 Å². The number of carbonyl (C=O) groups is 1. The van der Waals surface area contributed by atoms with Gasteiger partial charge in [-0.25, -0.2) is 0 Å². The zero-order valence-electron chi connectivity index (χ0n) is 19.3. The molecule has 3 rings (SSSR count). The Morgan fingerprint density at radius 3 is 2.09 bits per heavy atom. The molecule has 1 aliphatic rings. The lowest BCUT2D eigenvalue weighted by molar-refractivity contribution is -0.122. The van der Waals surface area contributed by atoms with Crippen LogP contribution in [0.1, 0.15) is 32.1 Å². The van der Waals surface area contributed by atoms with Crippen LogP contribution in [0.3, 0.4) is 0 Å². The molecular formula is C28H24N2O4S. The second-order valence-electron chi connectivity index (χ2n) is 7.73. The van der Waals surface area contributed by atoms with Crippen LogP contribution in [0.15, 0.2) is 48.5 Å². The summed E-state index contributed by atoms with van der Waals surface area (Å²) >= 11 is 0. The molecule has 1 N–H and O–H groups in total. The molecule has 1 fully saturated rings. The lowest BCUT2D eigenvalue weighted by Gasteiger charge is -2.29. The van der Waals surface area contributed by atoms with Crippen molar-refractivity contribution in [3.63, 3.8) is 0 Å². The Morgan fingerprint density at radius 2 is 1.49 bits per heavy atom. The van der Waals surface area contributed by atoms with E-state index in [0.717, 1.165) is 32.1 Å². The predicted octanol–water partition coefficient (Wildman–Crippen LogP) is 4.28. The van der Waals surface area contributed by atoms with Gasteiger partial charge in [0.1, 0.15) is 5.75 Å². The molecule has 1 amide bonds. The fourth-order valence-corrected chi connectivity index (χ4v) is 4.43. The lowest BCUT2D eigenvalue weighted by Crippen LogP contribution is -2.33. The number of anilines is 3. The van der Waals surface area contributed by atoms with Crippen LogP contribution in [-0.4, -0.2) is 21.4 Å². The van der Waals surface area contributed by atoms with Crippen LogP contribution in [0.2, 0.25) is 0 Å². The number of rotatable bonds is 6. The summed E-state index contributed by atoms with van der Waals surface area (Å²) in [6.07, 6.45) is 9.91. The van der Waals surface area contributed by atoms with Gasteiger partial charge in [-0.3, -0.25) is 14.4 Å². The molecule has 0 bridgehead atoms. The quantitative estimate of drug-likeness (QED) is 0.621. The van der Waals surface area contributed by atoms with Crippen molar-refractivity contribution in [2.45, 2.75) is 32.1 Å². The largest absolute Gasteiger partial charge is 0.497 e. The van der Waals surface area contributed by atoms with E-state index in [-0.39, 0.29) is 11.8 Å². The van der Waals surface area contributed by atoms with Crippen molar-refractivity contribution >= 4 is 33.0 Å². The average Bonchev–Trinajstić information content (AvgIpc) is 2.88. The van der Waals surface area contributed by atoms with Crippen molar-refractivity contribution in [3.05, 3.63) is 48.5 Å². The summed E-state index contributed by atoms with van der Waals surface area (Å²) in [7, 11) is -2.36. The molecule has 2 aromatic rings. The van der Waals surface area contributed by atoms with Gasteiger partial charge in [0, 0.05) is 34.8 Å². The summed E-state index contributed by atoms with van der Waals surface area (Å²) in [5.74, 6) is 14.2. The van der Waals surface area contributed by atoms with Gasteiger partial charge in [0.2, 0.25) is 5.91 Å². The number of amides is 1.